The molecule has 0 amide bonds. The number of nitrogens with one attached hydrogen (secondary N) is 1. The molecule has 0 spiro atoms. The number of methoxy groups -OCH3 is 1. The standard InChI is InChI=1S/C24H32N2O2/c1-18-9-6-7-10-19(18)15-26(24(2,3)4)16-20(27-5)17-28-23-12-8-11-22-21(23)13-14-25-22/h6-14,20,25H,15-17H2,1-5H3. The van der Waals surface area contributed by atoms with E-state index in [1.54, 1.807) is 7.11 Å². The molecule has 0 radical (unpaired) electrons. The molecule has 0 aliphatic carbocycles. The summed E-state index contributed by atoms with van der Waals surface area (Å²) < 4.78 is 11.9. The fourth-order valence-corrected chi connectivity index (χ4v) is 3.37. The van der Waals surface area contributed by atoms with Crippen molar-refractivity contribution >= 4 is 10.9 Å². The highest BCUT2D eigenvalue weighted by Crippen LogP contribution is 2.25. The summed E-state index contributed by atoms with van der Waals surface area (Å²) in [4.78, 5) is 5.69. The molecule has 0 saturated heterocycles. The van der Waals surface area contributed by atoms with Gasteiger partial charge in [-0.1, -0.05) is 30.3 Å². The molecule has 4 nitrogen and oxygen atoms in total. The van der Waals surface area contributed by atoms with Gasteiger partial charge in [0.15, 0.2) is 0 Å². The number of fused-ring (bicyclic) bond motifs is 1. The number of H-pyrrole nitrogens is 1. The minimum atomic E-state index is -0.0163. The van der Waals surface area contributed by atoms with E-state index in [0.29, 0.717) is 6.61 Å². The molecule has 1 aromatic heterocycles. The predicted octanol–water partition coefficient (Wildman–Crippen LogP) is 5.17. The summed E-state index contributed by atoms with van der Waals surface area (Å²) in [6, 6.07) is 16.7. The van der Waals surface area contributed by atoms with Gasteiger partial charge in [0.2, 0.25) is 0 Å². The average Bonchev–Trinajstić information content (AvgIpc) is 3.14. The zero-order valence-corrected chi connectivity index (χ0v) is 17.7. The summed E-state index contributed by atoms with van der Waals surface area (Å²) in [7, 11) is 1.76. The second-order valence-corrected chi connectivity index (χ2v) is 8.34. The van der Waals surface area contributed by atoms with Crippen LogP contribution >= 0.6 is 0 Å². The molecule has 0 bridgehead atoms. The Labute approximate surface area is 168 Å². The van der Waals surface area contributed by atoms with Gasteiger partial charge in [-0.15, -0.1) is 0 Å². The molecular weight excluding hydrogens is 348 g/mol. The molecule has 4 heteroatoms. The third kappa shape index (κ3) is 4.94. The van der Waals surface area contributed by atoms with Crippen LogP contribution in [-0.4, -0.2) is 41.8 Å². The zero-order chi connectivity index (χ0) is 20.1. The Bertz CT molecular complexity index is 895. The van der Waals surface area contributed by atoms with Crippen molar-refractivity contribution in [2.75, 3.05) is 20.3 Å². The molecule has 1 heterocycles. The van der Waals surface area contributed by atoms with Crippen LogP contribution in [0.3, 0.4) is 0 Å². The van der Waals surface area contributed by atoms with Gasteiger partial charge in [0, 0.05) is 42.8 Å². The van der Waals surface area contributed by atoms with E-state index in [9.17, 15) is 0 Å². The minimum absolute atomic E-state index is 0.0163. The van der Waals surface area contributed by atoms with Crippen molar-refractivity contribution < 1.29 is 9.47 Å². The Morgan fingerprint density at radius 1 is 1.04 bits per heavy atom. The fraction of sp³-hybridized carbons (Fsp3) is 0.417. The van der Waals surface area contributed by atoms with E-state index in [1.165, 1.54) is 11.1 Å². The Morgan fingerprint density at radius 2 is 1.82 bits per heavy atom. The summed E-state index contributed by atoms with van der Waals surface area (Å²) in [5, 5.41) is 1.10. The van der Waals surface area contributed by atoms with Gasteiger partial charge in [-0.25, -0.2) is 0 Å². The molecule has 1 unspecified atom stereocenters. The van der Waals surface area contributed by atoms with Crippen molar-refractivity contribution in [1.82, 2.24) is 9.88 Å². The maximum atomic E-state index is 6.15. The molecule has 3 rings (SSSR count). The van der Waals surface area contributed by atoms with Crippen molar-refractivity contribution in [3.63, 3.8) is 0 Å². The number of aromatic nitrogens is 1. The fourth-order valence-electron chi connectivity index (χ4n) is 3.37. The number of aryl methyl sites for hydroxylation is 1. The number of rotatable bonds is 8. The van der Waals surface area contributed by atoms with E-state index in [1.807, 2.05) is 24.4 Å². The normalized spacial score (nSPS) is 13.2. The van der Waals surface area contributed by atoms with Crippen LogP contribution in [0.4, 0.5) is 0 Å². The number of ether oxygens (including phenoxy) is 2. The second-order valence-electron chi connectivity index (χ2n) is 8.34. The van der Waals surface area contributed by atoms with Crippen molar-refractivity contribution in [2.24, 2.45) is 0 Å². The molecule has 2 aromatic carbocycles. The molecule has 0 saturated carbocycles. The van der Waals surface area contributed by atoms with Crippen LogP contribution in [0.15, 0.2) is 54.7 Å². The highest BCUT2D eigenvalue weighted by Gasteiger charge is 2.25. The van der Waals surface area contributed by atoms with E-state index < -0.39 is 0 Å². The van der Waals surface area contributed by atoms with Gasteiger partial charge in [-0.3, -0.25) is 4.90 Å². The molecule has 28 heavy (non-hydrogen) atoms. The molecule has 1 atom stereocenters. The predicted molar refractivity (Wildman–Crippen MR) is 116 cm³/mol. The lowest BCUT2D eigenvalue weighted by atomic mass is 10.0. The SMILES string of the molecule is COC(COc1cccc2[nH]ccc12)CN(Cc1ccccc1C)C(C)(C)C. The third-order valence-corrected chi connectivity index (χ3v) is 5.31. The van der Waals surface area contributed by atoms with Gasteiger partial charge in [-0.05, 0) is 57.0 Å². The van der Waals surface area contributed by atoms with E-state index in [-0.39, 0.29) is 11.6 Å². The van der Waals surface area contributed by atoms with Crippen molar-refractivity contribution in [3.05, 3.63) is 65.9 Å². The van der Waals surface area contributed by atoms with E-state index in [2.05, 4.69) is 67.9 Å². The minimum Gasteiger partial charge on any atom is -0.490 e. The van der Waals surface area contributed by atoms with E-state index >= 15 is 0 Å². The average molecular weight is 381 g/mol. The maximum absolute atomic E-state index is 6.15. The lowest BCUT2D eigenvalue weighted by Gasteiger charge is -2.38. The number of aromatic amines is 1. The first kappa shape index (κ1) is 20.4. The Kier molecular flexibility index (Phi) is 6.42. The van der Waals surface area contributed by atoms with Crippen LogP contribution in [-0.2, 0) is 11.3 Å². The lowest BCUT2D eigenvalue weighted by molar-refractivity contribution is 0.00168. The molecule has 0 aliphatic heterocycles. The lowest BCUT2D eigenvalue weighted by Crippen LogP contribution is -2.46. The summed E-state index contributed by atoms with van der Waals surface area (Å²) in [5.74, 6) is 0.891. The Balaban J connectivity index is 1.69. The van der Waals surface area contributed by atoms with Crippen LogP contribution in [0, 0.1) is 6.92 Å². The van der Waals surface area contributed by atoms with Crippen molar-refractivity contribution in [1.29, 1.82) is 0 Å². The van der Waals surface area contributed by atoms with E-state index in [4.69, 9.17) is 9.47 Å². The van der Waals surface area contributed by atoms with Gasteiger partial charge in [0.1, 0.15) is 18.5 Å². The summed E-state index contributed by atoms with van der Waals surface area (Å²) in [5.41, 5.74) is 3.79. The van der Waals surface area contributed by atoms with Crippen LogP contribution < -0.4 is 4.74 Å². The molecule has 1 N–H and O–H groups in total. The molecule has 0 fully saturated rings. The number of hydrogen-bond acceptors (Lipinski definition) is 3. The van der Waals surface area contributed by atoms with Crippen LogP contribution in [0.25, 0.3) is 10.9 Å². The topological polar surface area (TPSA) is 37.5 Å². The largest absolute Gasteiger partial charge is 0.490 e. The number of benzene rings is 2. The van der Waals surface area contributed by atoms with Gasteiger partial charge in [0.05, 0.1) is 0 Å². The molecular formula is C24H32N2O2. The first-order valence-corrected chi connectivity index (χ1v) is 9.89. The Morgan fingerprint density at radius 3 is 2.54 bits per heavy atom. The Hall–Kier alpha value is -2.30. The van der Waals surface area contributed by atoms with Crippen molar-refractivity contribution in [3.8, 4) is 5.75 Å². The van der Waals surface area contributed by atoms with Gasteiger partial charge in [0.25, 0.3) is 0 Å². The molecule has 0 aliphatic rings. The quantitative estimate of drug-likeness (QED) is 0.586. The maximum Gasteiger partial charge on any atom is 0.128 e. The first-order valence-electron chi connectivity index (χ1n) is 9.89. The number of nitrogens with zero attached hydrogens (tertiary/aromatic N) is 1. The van der Waals surface area contributed by atoms with Crippen molar-refractivity contribution in [2.45, 2.75) is 45.9 Å². The highest BCUT2D eigenvalue weighted by molar-refractivity contribution is 5.85. The first-order chi connectivity index (χ1) is 13.4. The summed E-state index contributed by atoms with van der Waals surface area (Å²) in [6.07, 6.45) is 1.92. The summed E-state index contributed by atoms with van der Waals surface area (Å²) in [6.45, 7) is 11.1. The molecule has 3 aromatic rings. The highest BCUT2D eigenvalue weighted by atomic mass is 16.5. The number of hydrogen-bond donors (Lipinski definition) is 1. The second kappa shape index (κ2) is 8.80. The van der Waals surface area contributed by atoms with Crippen LogP contribution in [0.1, 0.15) is 31.9 Å². The smallest absolute Gasteiger partial charge is 0.128 e. The molecule has 150 valence electrons. The van der Waals surface area contributed by atoms with Crippen LogP contribution in [0.5, 0.6) is 5.75 Å². The third-order valence-electron chi connectivity index (χ3n) is 5.31. The van der Waals surface area contributed by atoms with Gasteiger partial charge in [-0.2, -0.15) is 0 Å². The van der Waals surface area contributed by atoms with Crippen LogP contribution in [0.2, 0.25) is 0 Å². The summed E-state index contributed by atoms with van der Waals surface area (Å²) >= 11 is 0. The van der Waals surface area contributed by atoms with Gasteiger partial charge >= 0.3 is 0 Å². The monoisotopic (exact) mass is 380 g/mol. The van der Waals surface area contributed by atoms with Gasteiger partial charge < -0.3 is 14.5 Å². The van der Waals surface area contributed by atoms with E-state index in [0.717, 1.165) is 29.7 Å². The zero-order valence-electron chi connectivity index (χ0n) is 17.7.